The summed E-state index contributed by atoms with van der Waals surface area (Å²) < 4.78 is 11.4. The van der Waals surface area contributed by atoms with E-state index in [0.29, 0.717) is 19.8 Å². The Kier molecular flexibility index (Phi) is 7.29. The van der Waals surface area contributed by atoms with Gasteiger partial charge in [0.05, 0.1) is 0 Å². The number of carbonyl (C=O) groups is 1. The van der Waals surface area contributed by atoms with Crippen molar-refractivity contribution in [1.29, 1.82) is 0 Å². The van der Waals surface area contributed by atoms with Crippen LogP contribution in [-0.2, 0) is 15.8 Å². The number of carbonyl (C=O) groups excluding carboxylic acids is 1. The van der Waals surface area contributed by atoms with Gasteiger partial charge in [-0.25, -0.2) is 4.79 Å². The highest BCUT2D eigenvalue weighted by atomic mass is 28.4. The van der Waals surface area contributed by atoms with Crippen LogP contribution in [0, 0.1) is 0 Å². The number of hydrogen-bond donors (Lipinski definition) is 0. The number of hydrogen-bond acceptors (Lipinski definition) is 3. The van der Waals surface area contributed by atoms with Crippen LogP contribution in [0.4, 0.5) is 4.79 Å². The predicted octanol–water partition coefficient (Wildman–Crippen LogP) is 4.67. The van der Waals surface area contributed by atoms with Gasteiger partial charge in [-0.2, -0.15) is 0 Å². The molecule has 0 aliphatic carbocycles. The zero-order valence-corrected chi connectivity index (χ0v) is 16.4. The molecule has 0 aliphatic heterocycles. The Morgan fingerprint density at radius 3 is 2.35 bits per heavy atom. The van der Waals surface area contributed by atoms with Crippen LogP contribution < -0.4 is 0 Å². The van der Waals surface area contributed by atoms with E-state index in [1.807, 2.05) is 30.3 Å². The summed E-state index contributed by atoms with van der Waals surface area (Å²) >= 11 is 0. The van der Waals surface area contributed by atoms with Gasteiger partial charge in [0.25, 0.3) is 0 Å². The molecule has 1 aromatic carbocycles. The van der Waals surface area contributed by atoms with Gasteiger partial charge >= 0.3 is 6.09 Å². The average molecular weight is 338 g/mol. The molecule has 23 heavy (non-hydrogen) atoms. The van der Waals surface area contributed by atoms with E-state index in [1.54, 1.807) is 11.9 Å². The summed E-state index contributed by atoms with van der Waals surface area (Å²) in [5.74, 6) is 0. The third kappa shape index (κ3) is 6.75. The first-order chi connectivity index (χ1) is 10.6. The van der Waals surface area contributed by atoms with Gasteiger partial charge in [0.2, 0.25) is 0 Å². The maximum absolute atomic E-state index is 11.9. The minimum Gasteiger partial charge on any atom is -0.445 e. The van der Waals surface area contributed by atoms with E-state index in [2.05, 4.69) is 33.9 Å². The van der Waals surface area contributed by atoms with Crippen molar-refractivity contribution in [2.24, 2.45) is 0 Å². The second-order valence-electron chi connectivity index (χ2n) is 7.42. The second kappa shape index (κ2) is 8.50. The number of amides is 1. The van der Waals surface area contributed by atoms with Crippen molar-refractivity contribution >= 4 is 14.4 Å². The highest BCUT2D eigenvalue weighted by Gasteiger charge is 2.36. The Labute approximate surface area is 141 Å². The van der Waals surface area contributed by atoms with E-state index in [-0.39, 0.29) is 11.1 Å². The van der Waals surface area contributed by atoms with Crippen LogP contribution in [0.5, 0.6) is 0 Å². The molecular formula is C18H31NO3Si. The van der Waals surface area contributed by atoms with Gasteiger partial charge in [0, 0.05) is 20.2 Å². The lowest BCUT2D eigenvalue weighted by Crippen LogP contribution is -2.41. The van der Waals surface area contributed by atoms with E-state index in [1.165, 1.54) is 0 Å². The van der Waals surface area contributed by atoms with Gasteiger partial charge in [-0.3, -0.25) is 0 Å². The lowest BCUT2D eigenvalue weighted by atomic mass is 10.2. The number of ether oxygens (including phenoxy) is 1. The molecule has 130 valence electrons. The minimum absolute atomic E-state index is 0.216. The van der Waals surface area contributed by atoms with E-state index in [4.69, 9.17) is 9.16 Å². The topological polar surface area (TPSA) is 38.8 Å². The number of rotatable bonds is 7. The van der Waals surface area contributed by atoms with Gasteiger partial charge < -0.3 is 14.1 Å². The number of benzene rings is 1. The van der Waals surface area contributed by atoms with Gasteiger partial charge in [-0.05, 0) is 30.1 Å². The average Bonchev–Trinajstić information content (AvgIpc) is 2.48. The molecule has 0 aliphatic rings. The summed E-state index contributed by atoms with van der Waals surface area (Å²) in [5.41, 5.74) is 0.996. The Balaban J connectivity index is 2.26. The minimum atomic E-state index is -1.70. The molecule has 1 aromatic rings. The molecule has 0 radical (unpaired) electrons. The third-order valence-electron chi connectivity index (χ3n) is 4.42. The molecule has 0 unspecified atom stereocenters. The Hall–Kier alpha value is -1.33. The molecule has 5 heteroatoms. The van der Waals surface area contributed by atoms with Crippen molar-refractivity contribution in [2.75, 3.05) is 20.2 Å². The third-order valence-corrected chi connectivity index (χ3v) is 8.96. The lowest BCUT2D eigenvalue weighted by molar-refractivity contribution is 0.102. The van der Waals surface area contributed by atoms with Gasteiger partial charge in [-0.1, -0.05) is 51.1 Å². The first-order valence-corrected chi connectivity index (χ1v) is 11.1. The molecule has 0 heterocycles. The molecule has 1 rings (SSSR count). The van der Waals surface area contributed by atoms with Crippen LogP contribution in [0.1, 0.15) is 32.8 Å². The van der Waals surface area contributed by atoms with Crippen molar-refractivity contribution < 1.29 is 14.0 Å². The Bertz CT molecular complexity index is 483. The van der Waals surface area contributed by atoms with Crippen LogP contribution in [0.3, 0.4) is 0 Å². The van der Waals surface area contributed by atoms with E-state index in [9.17, 15) is 4.79 Å². The summed E-state index contributed by atoms with van der Waals surface area (Å²) in [4.78, 5) is 13.5. The summed E-state index contributed by atoms with van der Waals surface area (Å²) in [6, 6.07) is 9.71. The molecule has 0 atom stereocenters. The number of nitrogens with zero attached hydrogens (tertiary/aromatic N) is 1. The van der Waals surface area contributed by atoms with Crippen molar-refractivity contribution in [3.05, 3.63) is 35.9 Å². The van der Waals surface area contributed by atoms with Crippen molar-refractivity contribution in [3.8, 4) is 0 Å². The van der Waals surface area contributed by atoms with E-state index >= 15 is 0 Å². The smallest absolute Gasteiger partial charge is 0.409 e. The van der Waals surface area contributed by atoms with Crippen LogP contribution in [0.2, 0.25) is 18.1 Å². The van der Waals surface area contributed by atoms with Crippen molar-refractivity contribution in [3.63, 3.8) is 0 Å². The maximum Gasteiger partial charge on any atom is 0.409 e. The quantitative estimate of drug-likeness (QED) is 0.536. The van der Waals surface area contributed by atoms with Crippen LogP contribution in [-0.4, -0.2) is 39.5 Å². The molecule has 0 saturated carbocycles. The van der Waals surface area contributed by atoms with Crippen molar-refractivity contribution in [2.45, 2.75) is 51.9 Å². The molecule has 0 saturated heterocycles. The zero-order valence-electron chi connectivity index (χ0n) is 15.4. The van der Waals surface area contributed by atoms with Gasteiger partial charge in [-0.15, -0.1) is 0 Å². The molecule has 1 amide bonds. The second-order valence-corrected chi connectivity index (χ2v) is 12.2. The predicted molar refractivity (Wildman–Crippen MR) is 97.0 cm³/mol. The van der Waals surface area contributed by atoms with Crippen LogP contribution in [0.25, 0.3) is 0 Å². The largest absolute Gasteiger partial charge is 0.445 e. The summed E-state index contributed by atoms with van der Waals surface area (Å²) in [6.45, 7) is 12.8. The normalized spacial score (nSPS) is 12.1. The Morgan fingerprint density at radius 1 is 1.17 bits per heavy atom. The van der Waals surface area contributed by atoms with Gasteiger partial charge in [0.1, 0.15) is 6.61 Å². The Morgan fingerprint density at radius 2 is 1.78 bits per heavy atom. The molecule has 0 fully saturated rings. The van der Waals surface area contributed by atoms with E-state index < -0.39 is 8.32 Å². The SMILES string of the molecule is CN(CCCO[Si](C)(C)C(C)(C)C)C(=O)OCc1ccccc1. The molecule has 4 nitrogen and oxygen atoms in total. The maximum atomic E-state index is 11.9. The van der Waals surface area contributed by atoms with E-state index in [0.717, 1.165) is 12.0 Å². The summed E-state index contributed by atoms with van der Waals surface area (Å²) in [6.07, 6.45) is 0.532. The first kappa shape index (κ1) is 19.7. The summed E-state index contributed by atoms with van der Waals surface area (Å²) in [5, 5.41) is 0.216. The van der Waals surface area contributed by atoms with Crippen LogP contribution in [0.15, 0.2) is 30.3 Å². The zero-order chi connectivity index (χ0) is 17.5. The highest BCUT2D eigenvalue weighted by molar-refractivity contribution is 6.74. The van der Waals surface area contributed by atoms with Gasteiger partial charge in [0.15, 0.2) is 8.32 Å². The fourth-order valence-corrected chi connectivity index (χ4v) is 2.85. The molecule has 0 spiro atoms. The van der Waals surface area contributed by atoms with Crippen LogP contribution >= 0.6 is 0 Å². The fraction of sp³-hybridized carbons (Fsp3) is 0.611. The first-order valence-electron chi connectivity index (χ1n) is 8.19. The lowest BCUT2D eigenvalue weighted by Gasteiger charge is -2.36. The monoisotopic (exact) mass is 337 g/mol. The molecule has 0 aromatic heterocycles. The standard InChI is InChI=1S/C18H31NO3Si/c1-18(2,3)23(5,6)22-14-10-13-19(4)17(20)21-15-16-11-8-7-9-12-16/h7-9,11-12H,10,13-15H2,1-6H3. The molecule has 0 bridgehead atoms. The molecule has 0 N–H and O–H groups in total. The van der Waals surface area contributed by atoms with Crippen molar-refractivity contribution in [1.82, 2.24) is 4.90 Å². The fourth-order valence-electron chi connectivity index (χ4n) is 1.77. The summed E-state index contributed by atoms with van der Waals surface area (Å²) in [7, 11) is 0.0655. The molecular weight excluding hydrogens is 306 g/mol. The highest BCUT2D eigenvalue weighted by Crippen LogP contribution is 2.36.